The van der Waals surface area contributed by atoms with Gasteiger partial charge in [0.15, 0.2) is 0 Å². The number of aryl methyl sites for hydroxylation is 2. The van der Waals surface area contributed by atoms with Crippen LogP contribution in [0.5, 0.6) is 0 Å². The highest BCUT2D eigenvalue weighted by atomic mass is 32.2. The van der Waals surface area contributed by atoms with Gasteiger partial charge in [-0.2, -0.15) is 0 Å². The third-order valence-electron chi connectivity index (χ3n) is 5.50. The van der Waals surface area contributed by atoms with Crippen LogP contribution in [0.2, 0.25) is 0 Å². The zero-order valence-corrected chi connectivity index (χ0v) is 20.6. The number of carbonyl (C=O) groups excluding carboxylic acids is 3. The predicted molar refractivity (Wildman–Crippen MR) is 132 cm³/mol. The topological polar surface area (TPSA) is 84.5 Å². The van der Waals surface area contributed by atoms with E-state index in [2.05, 4.69) is 17.6 Å². The summed E-state index contributed by atoms with van der Waals surface area (Å²) < 4.78 is 5.24. The Kier molecular flexibility index (Phi) is 8.37. The Hall–Kier alpha value is -2.32. The molecule has 3 rings (SSSR count). The van der Waals surface area contributed by atoms with E-state index in [1.54, 1.807) is 6.92 Å². The van der Waals surface area contributed by atoms with Gasteiger partial charge in [-0.1, -0.05) is 13.0 Å². The molecule has 0 saturated heterocycles. The van der Waals surface area contributed by atoms with Gasteiger partial charge in [-0.05, 0) is 74.8 Å². The molecule has 172 valence electrons. The number of hydrogen-bond acceptors (Lipinski definition) is 6. The van der Waals surface area contributed by atoms with Crippen LogP contribution in [0.15, 0.2) is 18.2 Å². The number of carbonyl (C=O) groups is 3. The fourth-order valence-electron chi connectivity index (χ4n) is 3.67. The summed E-state index contributed by atoms with van der Waals surface area (Å²) in [6, 6.07) is 5.77. The highest BCUT2D eigenvalue weighted by Crippen LogP contribution is 2.40. The fraction of sp³-hybridized carbons (Fsp3) is 0.458. The van der Waals surface area contributed by atoms with Gasteiger partial charge in [0.1, 0.15) is 5.00 Å². The Morgan fingerprint density at radius 1 is 1.12 bits per heavy atom. The van der Waals surface area contributed by atoms with Gasteiger partial charge in [-0.25, -0.2) is 4.79 Å². The Morgan fingerprint density at radius 2 is 1.84 bits per heavy atom. The zero-order chi connectivity index (χ0) is 23.3. The van der Waals surface area contributed by atoms with Crippen molar-refractivity contribution >= 4 is 51.6 Å². The second kappa shape index (κ2) is 11.0. The lowest BCUT2D eigenvalue weighted by atomic mass is 9.88. The summed E-state index contributed by atoms with van der Waals surface area (Å²) in [5.74, 6) is 0.0944. The average Bonchev–Trinajstić information content (AvgIpc) is 3.07. The number of thioether (sulfide) groups is 1. The van der Waals surface area contributed by atoms with E-state index in [4.69, 9.17) is 4.74 Å². The van der Waals surface area contributed by atoms with Crippen molar-refractivity contribution < 1.29 is 19.1 Å². The summed E-state index contributed by atoms with van der Waals surface area (Å²) >= 11 is 2.71. The number of fused-ring (bicyclic) bond motifs is 1. The summed E-state index contributed by atoms with van der Waals surface area (Å²) in [7, 11) is 0. The molecule has 0 saturated carbocycles. The van der Waals surface area contributed by atoms with Crippen molar-refractivity contribution in [3.8, 4) is 0 Å². The van der Waals surface area contributed by atoms with Crippen LogP contribution in [0.3, 0.4) is 0 Å². The maximum absolute atomic E-state index is 12.6. The summed E-state index contributed by atoms with van der Waals surface area (Å²) in [6.07, 6.45) is 2.76. The minimum absolute atomic E-state index is 0.127. The molecule has 2 N–H and O–H groups in total. The van der Waals surface area contributed by atoms with Gasteiger partial charge in [0.25, 0.3) is 0 Å². The third kappa shape index (κ3) is 6.13. The highest BCUT2D eigenvalue weighted by Gasteiger charge is 2.29. The van der Waals surface area contributed by atoms with Crippen LogP contribution in [-0.4, -0.2) is 35.9 Å². The second-order valence-corrected chi connectivity index (χ2v) is 10.3. The van der Waals surface area contributed by atoms with Gasteiger partial charge in [0, 0.05) is 10.6 Å². The van der Waals surface area contributed by atoms with Gasteiger partial charge in [0.2, 0.25) is 11.8 Å². The molecule has 1 atom stereocenters. The largest absolute Gasteiger partial charge is 0.462 e. The zero-order valence-electron chi connectivity index (χ0n) is 19.0. The molecule has 0 spiro atoms. The van der Waals surface area contributed by atoms with E-state index in [0.29, 0.717) is 23.1 Å². The van der Waals surface area contributed by atoms with E-state index >= 15 is 0 Å². The fourth-order valence-corrected chi connectivity index (χ4v) is 5.71. The van der Waals surface area contributed by atoms with Gasteiger partial charge in [-0.15, -0.1) is 23.1 Å². The lowest BCUT2D eigenvalue weighted by Crippen LogP contribution is -2.19. The van der Waals surface area contributed by atoms with Crippen molar-refractivity contribution in [1.82, 2.24) is 0 Å². The Balaban J connectivity index is 1.57. The minimum Gasteiger partial charge on any atom is -0.462 e. The van der Waals surface area contributed by atoms with Gasteiger partial charge >= 0.3 is 5.97 Å². The number of ether oxygens (including phenoxy) is 1. The normalized spacial score (nSPS) is 15.1. The van der Waals surface area contributed by atoms with Crippen LogP contribution in [0.4, 0.5) is 10.7 Å². The number of amides is 2. The monoisotopic (exact) mass is 474 g/mol. The molecular weight excluding hydrogens is 444 g/mol. The summed E-state index contributed by atoms with van der Waals surface area (Å²) in [4.78, 5) is 38.5. The second-order valence-electron chi connectivity index (χ2n) is 8.16. The van der Waals surface area contributed by atoms with Crippen molar-refractivity contribution in [3.63, 3.8) is 0 Å². The first-order valence-corrected chi connectivity index (χ1v) is 12.8. The van der Waals surface area contributed by atoms with E-state index in [1.165, 1.54) is 28.7 Å². The number of nitrogens with one attached hydrogen (secondary N) is 2. The van der Waals surface area contributed by atoms with Crippen LogP contribution in [0, 0.1) is 19.8 Å². The van der Waals surface area contributed by atoms with Crippen LogP contribution in [-0.2, 0) is 27.2 Å². The summed E-state index contributed by atoms with van der Waals surface area (Å²) in [5, 5.41) is 6.31. The van der Waals surface area contributed by atoms with E-state index < -0.39 is 0 Å². The van der Waals surface area contributed by atoms with Crippen LogP contribution < -0.4 is 10.6 Å². The van der Waals surface area contributed by atoms with Crippen molar-refractivity contribution in [2.45, 2.75) is 47.0 Å². The SMILES string of the molecule is CCOC(=O)c1c(NC(=O)CSCC(=O)Nc2ccc(C)c(C)c2)sc2c1CCC(C)C2. The first kappa shape index (κ1) is 24.3. The Labute approximate surface area is 197 Å². The highest BCUT2D eigenvalue weighted by molar-refractivity contribution is 8.00. The lowest BCUT2D eigenvalue weighted by molar-refractivity contribution is -0.114. The molecule has 0 fully saturated rings. The first-order chi connectivity index (χ1) is 15.3. The van der Waals surface area contributed by atoms with Gasteiger partial charge in [0.05, 0.1) is 23.7 Å². The molecule has 6 nitrogen and oxygen atoms in total. The number of benzene rings is 1. The predicted octanol–water partition coefficient (Wildman–Crippen LogP) is 4.98. The number of rotatable bonds is 8. The Morgan fingerprint density at radius 3 is 2.53 bits per heavy atom. The number of esters is 1. The van der Waals surface area contributed by atoms with Crippen molar-refractivity contribution in [2.75, 3.05) is 28.7 Å². The van der Waals surface area contributed by atoms with E-state index in [0.717, 1.165) is 41.0 Å². The third-order valence-corrected chi connectivity index (χ3v) is 7.60. The molecule has 1 aliphatic carbocycles. The molecule has 1 aromatic carbocycles. The Bertz CT molecular complexity index is 1020. The molecule has 1 aliphatic rings. The molecule has 2 aromatic rings. The summed E-state index contributed by atoms with van der Waals surface area (Å²) in [6.45, 7) is 8.28. The molecule has 1 unspecified atom stereocenters. The van der Waals surface area contributed by atoms with Gasteiger partial charge in [-0.3, -0.25) is 9.59 Å². The van der Waals surface area contributed by atoms with Crippen molar-refractivity contribution in [1.29, 1.82) is 0 Å². The maximum atomic E-state index is 12.6. The average molecular weight is 475 g/mol. The first-order valence-electron chi connectivity index (χ1n) is 10.8. The van der Waals surface area contributed by atoms with Crippen molar-refractivity contribution in [2.24, 2.45) is 5.92 Å². The molecule has 32 heavy (non-hydrogen) atoms. The molecule has 0 bridgehead atoms. The van der Waals surface area contributed by atoms with Crippen molar-refractivity contribution in [3.05, 3.63) is 45.3 Å². The molecular formula is C24H30N2O4S2. The van der Waals surface area contributed by atoms with Crippen LogP contribution >= 0.6 is 23.1 Å². The smallest absolute Gasteiger partial charge is 0.341 e. The molecule has 0 radical (unpaired) electrons. The lowest BCUT2D eigenvalue weighted by Gasteiger charge is -2.18. The number of thiophene rings is 1. The van der Waals surface area contributed by atoms with Crippen LogP contribution in [0.1, 0.15) is 52.2 Å². The summed E-state index contributed by atoms with van der Waals surface area (Å²) in [5.41, 5.74) is 4.55. The standard InChI is InChI=1S/C24H30N2O4S2/c1-5-30-24(29)22-18-9-6-14(2)10-19(18)32-23(22)26-21(28)13-31-12-20(27)25-17-8-7-15(3)16(4)11-17/h7-8,11,14H,5-6,9-10,12-13H2,1-4H3,(H,25,27)(H,26,28). The number of hydrogen-bond donors (Lipinski definition) is 2. The van der Waals surface area contributed by atoms with E-state index in [-0.39, 0.29) is 29.3 Å². The molecule has 0 aliphatic heterocycles. The van der Waals surface area contributed by atoms with E-state index in [1.807, 2.05) is 32.0 Å². The molecule has 8 heteroatoms. The molecule has 2 amide bonds. The molecule has 1 heterocycles. The molecule has 1 aromatic heterocycles. The van der Waals surface area contributed by atoms with Crippen LogP contribution in [0.25, 0.3) is 0 Å². The minimum atomic E-state index is -0.379. The van der Waals surface area contributed by atoms with Gasteiger partial charge < -0.3 is 15.4 Å². The maximum Gasteiger partial charge on any atom is 0.341 e. The van der Waals surface area contributed by atoms with E-state index in [9.17, 15) is 14.4 Å². The quantitative estimate of drug-likeness (QED) is 0.527. The number of anilines is 2.